The fourth-order valence-corrected chi connectivity index (χ4v) is 2.17. The van der Waals surface area contributed by atoms with E-state index in [1.165, 1.54) is 0 Å². The van der Waals surface area contributed by atoms with E-state index in [0.29, 0.717) is 5.69 Å². The summed E-state index contributed by atoms with van der Waals surface area (Å²) in [4.78, 5) is 4.13. The maximum atomic E-state index is 10.1. The van der Waals surface area contributed by atoms with Gasteiger partial charge in [-0.3, -0.25) is 9.67 Å². The highest BCUT2D eigenvalue weighted by atomic mass is 16.3. The highest BCUT2D eigenvalue weighted by Gasteiger charge is 2.13. The lowest BCUT2D eigenvalue weighted by Crippen LogP contribution is -1.92. The number of benzene rings is 1. The summed E-state index contributed by atoms with van der Waals surface area (Å²) in [6, 6.07) is 11.9. The number of hydrogen-bond acceptors (Lipinski definition) is 3. The predicted molar refractivity (Wildman–Crippen MR) is 78.3 cm³/mol. The summed E-state index contributed by atoms with van der Waals surface area (Å²) in [6.45, 7) is 1.84. The number of aryl methyl sites for hydroxylation is 1. The molecule has 2 aromatic heterocycles. The van der Waals surface area contributed by atoms with E-state index in [-0.39, 0.29) is 5.75 Å². The van der Waals surface area contributed by atoms with Gasteiger partial charge < -0.3 is 5.11 Å². The van der Waals surface area contributed by atoms with Gasteiger partial charge in [-0.25, -0.2) is 0 Å². The molecule has 4 heteroatoms. The molecule has 2 heterocycles. The van der Waals surface area contributed by atoms with Gasteiger partial charge in [0.15, 0.2) is 5.75 Å². The molecule has 0 amide bonds. The van der Waals surface area contributed by atoms with Crippen molar-refractivity contribution in [1.29, 1.82) is 0 Å². The first-order valence-corrected chi connectivity index (χ1v) is 6.40. The Morgan fingerprint density at radius 3 is 2.45 bits per heavy atom. The van der Waals surface area contributed by atoms with Gasteiger partial charge >= 0.3 is 0 Å². The Morgan fingerprint density at radius 1 is 1.05 bits per heavy atom. The average Bonchev–Trinajstić information content (AvgIpc) is 2.76. The maximum Gasteiger partial charge on any atom is 0.164 e. The molecule has 3 rings (SSSR count). The zero-order valence-corrected chi connectivity index (χ0v) is 11.4. The molecule has 0 unspecified atom stereocenters. The SMILES string of the molecule is Cc1c(O)c(-c2cccc(-c3cccnc3)c2)nn1C. The van der Waals surface area contributed by atoms with Crippen molar-refractivity contribution in [1.82, 2.24) is 14.8 Å². The van der Waals surface area contributed by atoms with Gasteiger partial charge in [0.1, 0.15) is 5.69 Å². The summed E-state index contributed by atoms with van der Waals surface area (Å²) in [7, 11) is 1.82. The van der Waals surface area contributed by atoms with E-state index >= 15 is 0 Å². The topological polar surface area (TPSA) is 50.9 Å². The molecular formula is C16H15N3O. The lowest BCUT2D eigenvalue weighted by molar-refractivity contribution is 0.471. The second kappa shape index (κ2) is 4.81. The second-order valence-electron chi connectivity index (χ2n) is 4.73. The lowest BCUT2D eigenvalue weighted by atomic mass is 10.0. The summed E-state index contributed by atoms with van der Waals surface area (Å²) in [5.41, 5.74) is 4.36. The quantitative estimate of drug-likeness (QED) is 0.774. The first-order chi connectivity index (χ1) is 9.66. The molecule has 0 fully saturated rings. The van der Waals surface area contributed by atoms with Crippen LogP contribution in [0.15, 0.2) is 48.8 Å². The van der Waals surface area contributed by atoms with Crippen LogP contribution < -0.4 is 0 Å². The molecular weight excluding hydrogens is 250 g/mol. The van der Waals surface area contributed by atoms with Crippen LogP contribution in [-0.4, -0.2) is 19.9 Å². The number of nitrogens with zero attached hydrogens (tertiary/aromatic N) is 3. The van der Waals surface area contributed by atoms with E-state index < -0.39 is 0 Å². The van der Waals surface area contributed by atoms with Crippen LogP contribution in [0.25, 0.3) is 22.4 Å². The van der Waals surface area contributed by atoms with Gasteiger partial charge in [-0.2, -0.15) is 5.10 Å². The third-order valence-electron chi connectivity index (χ3n) is 3.43. The fraction of sp³-hybridized carbons (Fsp3) is 0.125. The Morgan fingerprint density at radius 2 is 1.80 bits per heavy atom. The van der Waals surface area contributed by atoms with Gasteiger partial charge in [0, 0.05) is 30.6 Å². The third kappa shape index (κ3) is 2.05. The number of aromatic hydroxyl groups is 1. The molecule has 4 nitrogen and oxygen atoms in total. The minimum Gasteiger partial charge on any atom is -0.504 e. The number of aromatic nitrogens is 3. The van der Waals surface area contributed by atoms with Crippen LogP contribution in [0.1, 0.15) is 5.69 Å². The number of rotatable bonds is 2. The number of pyridine rings is 1. The van der Waals surface area contributed by atoms with E-state index in [9.17, 15) is 5.11 Å². The summed E-state index contributed by atoms with van der Waals surface area (Å²) in [6.07, 6.45) is 3.57. The first kappa shape index (κ1) is 12.4. The largest absolute Gasteiger partial charge is 0.504 e. The minimum absolute atomic E-state index is 0.232. The van der Waals surface area contributed by atoms with E-state index in [0.717, 1.165) is 22.4 Å². The Balaban J connectivity index is 2.10. The second-order valence-corrected chi connectivity index (χ2v) is 4.73. The predicted octanol–water partition coefficient (Wildman–Crippen LogP) is 3.16. The van der Waals surface area contributed by atoms with Crippen molar-refractivity contribution >= 4 is 0 Å². The fourth-order valence-electron chi connectivity index (χ4n) is 2.17. The van der Waals surface area contributed by atoms with Crippen LogP contribution in [-0.2, 0) is 7.05 Å². The van der Waals surface area contributed by atoms with Crippen LogP contribution in [0.4, 0.5) is 0 Å². The van der Waals surface area contributed by atoms with E-state index in [1.807, 2.05) is 56.6 Å². The highest BCUT2D eigenvalue weighted by Crippen LogP contribution is 2.32. The van der Waals surface area contributed by atoms with Crippen molar-refractivity contribution in [2.45, 2.75) is 6.92 Å². The summed E-state index contributed by atoms with van der Waals surface area (Å²) >= 11 is 0. The van der Waals surface area contributed by atoms with Gasteiger partial charge in [0.25, 0.3) is 0 Å². The average molecular weight is 265 g/mol. The summed E-state index contributed by atoms with van der Waals surface area (Å²) < 4.78 is 1.68. The van der Waals surface area contributed by atoms with Gasteiger partial charge in [0.05, 0.1) is 5.69 Å². The van der Waals surface area contributed by atoms with Gasteiger partial charge in [-0.15, -0.1) is 0 Å². The van der Waals surface area contributed by atoms with Crippen molar-refractivity contribution in [3.05, 3.63) is 54.5 Å². The van der Waals surface area contributed by atoms with Gasteiger partial charge in [-0.05, 0) is 24.6 Å². The van der Waals surface area contributed by atoms with Crippen LogP contribution >= 0.6 is 0 Å². The van der Waals surface area contributed by atoms with Crippen LogP contribution in [0.2, 0.25) is 0 Å². The monoisotopic (exact) mass is 265 g/mol. The van der Waals surface area contributed by atoms with Gasteiger partial charge in [-0.1, -0.05) is 24.3 Å². The molecule has 1 N–H and O–H groups in total. The van der Waals surface area contributed by atoms with Crippen LogP contribution in [0.3, 0.4) is 0 Å². The van der Waals surface area contributed by atoms with Crippen molar-refractivity contribution in [3.8, 4) is 28.1 Å². The molecule has 0 bridgehead atoms. The standard InChI is InChI=1S/C16H15N3O/c1-11-16(20)15(18-19(11)2)13-6-3-5-12(9-13)14-7-4-8-17-10-14/h3-10,20H,1-2H3. The highest BCUT2D eigenvalue weighted by molar-refractivity contribution is 5.74. The van der Waals surface area contributed by atoms with Gasteiger partial charge in [0.2, 0.25) is 0 Å². The lowest BCUT2D eigenvalue weighted by Gasteiger charge is -2.03. The normalized spacial score (nSPS) is 10.7. The Hall–Kier alpha value is -2.62. The molecule has 0 saturated carbocycles. The van der Waals surface area contributed by atoms with Crippen molar-refractivity contribution in [3.63, 3.8) is 0 Å². The molecule has 3 aromatic rings. The zero-order valence-electron chi connectivity index (χ0n) is 11.4. The molecule has 0 radical (unpaired) electrons. The number of hydrogen-bond donors (Lipinski definition) is 1. The van der Waals surface area contributed by atoms with Crippen LogP contribution in [0.5, 0.6) is 5.75 Å². The Labute approximate surface area is 117 Å². The molecule has 0 saturated heterocycles. The third-order valence-corrected chi connectivity index (χ3v) is 3.43. The smallest absolute Gasteiger partial charge is 0.164 e. The molecule has 0 atom stereocenters. The molecule has 0 spiro atoms. The van der Waals surface area contributed by atoms with Crippen molar-refractivity contribution in [2.24, 2.45) is 7.05 Å². The molecule has 0 aliphatic rings. The minimum atomic E-state index is 0.232. The maximum absolute atomic E-state index is 10.1. The Bertz CT molecular complexity index is 748. The van der Waals surface area contributed by atoms with Crippen molar-refractivity contribution < 1.29 is 5.11 Å². The summed E-state index contributed by atoms with van der Waals surface area (Å²) in [5.74, 6) is 0.232. The molecule has 1 aromatic carbocycles. The van der Waals surface area contributed by atoms with E-state index in [1.54, 1.807) is 10.9 Å². The molecule has 0 aliphatic heterocycles. The van der Waals surface area contributed by atoms with E-state index in [4.69, 9.17) is 0 Å². The molecule has 0 aliphatic carbocycles. The first-order valence-electron chi connectivity index (χ1n) is 6.40. The molecule has 20 heavy (non-hydrogen) atoms. The zero-order chi connectivity index (χ0) is 14.1. The van der Waals surface area contributed by atoms with Crippen LogP contribution in [0, 0.1) is 6.92 Å². The van der Waals surface area contributed by atoms with E-state index in [2.05, 4.69) is 10.1 Å². The van der Waals surface area contributed by atoms with Crippen molar-refractivity contribution in [2.75, 3.05) is 0 Å². The summed E-state index contributed by atoms with van der Waals surface area (Å²) in [5, 5.41) is 14.5. The Kier molecular flexibility index (Phi) is 2.99. The molecule has 100 valence electrons.